The van der Waals surface area contributed by atoms with Crippen LogP contribution in [0.3, 0.4) is 0 Å². The molecule has 1 aliphatic heterocycles. The van der Waals surface area contributed by atoms with E-state index >= 15 is 0 Å². The van der Waals surface area contributed by atoms with Gasteiger partial charge in [0.2, 0.25) is 16.0 Å². The fourth-order valence-corrected chi connectivity index (χ4v) is 6.33. The number of aromatic nitrogens is 2. The normalized spacial score (nSPS) is 14.0. The molecule has 1 saturated heterocycles. The summed E-state index contributed by atoms with van der Waals surface area (Å²) in [6.45, 7) is 10.3. The molecule has 1 aliphatic rings. The van der Waals surface area contributed by atoms with E-state index in [0.717, 1.165) is 19.3 Å². The van der Waals surface area contributed by atoms with Crippen LogP contribution in [0.25, 0.3) is 0 Å². The number of carboxylic acid groups (broad SMARTS) is 1. The number of nitrogens with one attached hydrogen (secondary N) is 1. The van der Waals surface area contributed by atoms with Crippen molar-refractivity contribution in [2.24, 2.45) is 0 Å². The number of ether oxygens (including phenoxy) is 1. The van der Waals surface area contributed by atoms with E-state index in [-0.39, 0.29) is 30.2 Å². The highest BCUT2D eigenvalue weighted by molar-refractivity contribution is 7.92. The first-order valence-electron chi connectivity index (χ1n) is 14.3. The summed E-state index contributed by atoms with van der Waals surface area (Å²) in [5.74, 6) is -0.279. The van der Waals surface area contributed by atoms with Crippen LogP contribution in [0.15, 0.2) is 30.5 Å². The van der Waals surface area contributed by atoms with E-state index in [1.807, 2.05) is 25.7 Å². The molecular weight excluding hydrogens is 548 g/mol. The Labute approximate surface area is 242 Å². The first kappa shape index (κ1) is 31.9. The lowest BCUT2D eigenvalue weighted by atomic mass is 10.1. The number of hydrogen-bond donors (Lipinski definition) is 2. The number of rotatable bonds is 15. The molecule has 0 bridgehead atoms. The number of hydrogen-bond acceptors (Lipinski definition) is 9. The summed E-state index contributed by atoms with van der Waals surface area (Å²) in [5, 5.41) is 13.1. The molecule has 3 rings (SSSR count). The number of aliphatic carboxylic acids is 1. The molecule has 1 atom stereocenters. The fraction of sp³-hybridized carbons (Fsp3) is 0.571. The number of amides is 1. The largest absolute Gasteiger partial charge is 0.480 e. The molecule has 13 heteroatoms. The summed E-state index contributed by atoms with van der Waals surface area (Å²) in [4.78, 5) is 37.2. The van der Waals surface area contributed by atoms with E-state index in [4.69, 9.17) is 4.74 Å². The Morgan fingerprint density at radius 2 is 1.73 bits per heavy atom. The molecule has 1 aromatic carbocycles. The predicted octanol–water partition coefficient (Wildman–Crippen LogP) is 3.98. The molecule has 12 nitrogen and oxygen atoms in total. The second-order valence-corrected chi connectivity index (χ2v) is 11.9. The smallest absolute Gasteiger partial charge is 0.415 e. The maximum absolute atomic E-state index is 13.2. The van der Waals surface area contributed by atoms with Crippen molar-refractivity contribution < 1.29 is 27.9 Å². The average molecular weight is 591 g/mol. The van der Waals surface area contributed by atoms with E-state index in [9.17, 15) is 23.1 Å². The molecule has 0 aliphatic carbocycles. The van der Waals surface area contributed by atoms with Crippen LogP contribution in [-0.4, -0.2) is 85.0 Å². The third kappa shape index (κ3) is 8.44. The highest BCUT2D eigenvalue weighted by atomic mass is 32.2. The van der Waals surface area contributed by atoms with Gasteiger partial charge in [-0.25, -0.2) is 23.0 Å². The van der Waals surface area contributed by atoms with Crippen molar-refractivity contribution >= 4 is 39.5 Å². The van der Waals surface area contributed by atoms with Gasteiger partial charge in [0.1, 0.15) is 17.5 Å². The van der Waals surface area contributed by atoms with Gasteiger partial charge in [-0.3, -0.25) is 4.31 Å². The molecule has 1 unspecified atom stereocenters. The quantitative estimate of drug-likeness (QED) is 0.312. The van der Waals surface area contributed by atoms with E-state index in [0.29, 0.717) is 49.9 Å². The Morgan fingerprint density at radius 3 is 2.29 bits per heavy atom. The molecule has 2 aromatic rings. The number of nitrogens with zero attached hydrogens (tertiary/aromatic N) is 5. The van der Waals surface area contributed by atoms with Crippen molar-refractivity contribution in [1.29, 1.82) is 0 Å². The van der Waals surface area contributed by atoms with Crippen molar-refractivity contribution in [1.82, 2.24) is 14.9 Å². The first-order chi connectivity index (χ1) is 19.6. The van der Waals surface area contributed by atoms with E-state index in [1.54, 1.807) is 36.1 Å². The number of carbonyl (C=O) groups excluding carboxylic acids is 1. The number of carbonyl (C=O) groups is 2. The summed E-state index contributed by atoms with van der Waals surface area (Å²) < 4.78 is 33.0. The number of unbranched alkanes of at least 4 members (excludes halogenated alkanes) is 1. The maximum atomic E-state index is 13.2. The van der Waals surface area contributed by atoms with Crippen LogP contribution in [0.1, 0.15) is 58.9 Å². The van der Waals surface area contributed by atoms with Crippen LogP contribution in [-0.2, 0) is 21.2 Å². The van der Waals surface area contributed by atoms with Gasteiger partial charge in [0, 0.05) is 39.1 Å². The van der Waals surface area contributed by atoms with E-state index in [2.05, 4.69) is 15.3 Å². The topological polar surface area (TPSA) is 145 Å². The Kier molecular flexibility index (Phi) is 11.6. The highest BCUT2D eigenvalue weighted by Gasteiger charge is 2.28. The van der Waals surface area contributed by atoms with Gasteiger partial charge in [0.15, 0.2) is 5.82 Å². The summed E-state index contributed by atoms with van der Waals surface area (Å²) in [6.07, 6.45) is 4.27. The van der Waals surface area contributed by atoms with Crippen LogP contribution in [0.5, 0.6) is 5.75 Å². The molecule has 0 radical (unpaired) electrons. The lowest BCUT2D eigenvalue weighted by molar-refractivity contribution is -0.137. The lowest BCUT2D eigenvalue weighted by Crippen LogP contribution is -2.37. The number of anilines is 3. The minimum atomic E-state index is -3.68. The molecular formula is C28H42N6O6S. The van der Waals surface area contributed by atoms with Crippen LogP contribution in [0.2, 0.25) is 0 Å². The van der Waals surface area contributed by atoms with Crippen molar-refractivity contribution in [3.63, 3.8) is 0 Å². The number of benzene rings is 1. The standard InChI is InChI=1S/C28H42N6O6S/c1-5-9-18-41(38,39)34(8-4)24-20-29-27(32(6-2)7-3)31-25(24)30-23(26(35)36)19-21-12-14-22(15-13-21)40-28(37)33-16-10-11-17-33/h12-15,20,23H,5-11,16-19H2,1-4H3,(H,35,36)(H,29,30,31). The summed E-state index contributed by atoms with van der Waals surface area (Å²) in [6, 6.07) is 5.56. The van der Waals surface area contributed by atoms with E-state index in [1.165, 1.54) is 10.5 Å². The third-order valence-electron chi connectivity index (χ3n) is 6.99. The summed E-state index contributed by atoms with van der Waals surface area (Å²) in [5.41, 5.74) is 0.892. The van der Waals surface area contributed by atoms with Crippen LogP contribution in [0, 0.1) is 0 Å². The Bertz CT molecular complexity index is 1260. The predicted molar refractivity (Wildman–Crippen MR) is 159 cm³/mol. The third-order valence-corrected chi connectivity index (χ3v) is 8.92. The molecule has 226 valence electrons. The second kappa shape index (κ2) is 14.9. The maximum Gasteiger partial charge on any atom is 0.415 e. The van der Waals surface area contributed by atoms with Crippen LogP contribution < -0.4 is 19.3 Å². The zero-order chi connectivity index (χ0) is 30.0. The molecule has 2 heterocycles. The number of carboxylic acids is 1. The zero-order valence-corrected chi connectivity index (χ0v) is 25.2. The minimum Gasteiger partial charge on any atom is -0.480 e. The molecule has 1 aromatic heterocycles. The molecule has 1 fully saturated rings. The number of sulfonamides is 1. The molecule has 0 spiro atoms. The SMILES string of the molecule is CCCCS(=O)(=O)N(CC)c1cnc(N(CC)CC)nc1NC(Cc1ccc(OC(=O)N2CCCC2)cc1)C(=O)O. The molecule has 41 heavy (non-hydrogen) atoms. The fourth-order valence-electron chi connectivity index (χ4n) is 4.63. The van der Waals surface area contributed by atoms with E-state index < -0.39 is 28.1 Å². The minimum absolute atomic E-state index is 0.0361. The van der Waals surface area contributed by atoms with Crippen LogP contribution in [0.4, 0.5) is 22.2 Å². The highest BCUT2D eigenvalue weighted by Crippen LogP contribution is 2.29. The van der Waals surface area contributed by atoms with Gasteiger partial charge in [-0.2, -0.15) is 4.98 Å². The first-order valence-corrected chi connectivity index (χ1v) is 15.9. The Hall–Kier alpha value is -3.61. The molecule has 2 N–H and O–H groups in total. The average Bonchev–Trinajstić information content (AvgIpc) is 3.50. The lowest BCUT2D eigenvalue weighted by Gasteiger charge is -2.27. The van der Waals surface area contributed by atoms with Gasteiger partial charge in [0.05, 0.1) is 11.9 Å². The Morgan fingerprint density at radius 1 is 1.07 bits per heavy atom. The van der Waals surface area contributed by atoms with Crippen molar-refractivity contribution in [2.45, 2.75) is 65.8 Å². The van der Waals surface area contributed by atoms with Gasteiger partial charge >= 0.3 is 12.1 Å². The molecule has 0 saturated carbocycles. The van der Waals surface area contributed by atoms with Crippen molar-refractivity contribution in [2.75, 3.05) is 53.0 Å². The van der Waals surface area contributed by atoms with Gasteiger partial charge in [0.25, 0.3) is 0 Å². The zero-order valence-electron chi connectivity index (χ0n) is 24.4. The van der Waals surface area contributed by atoms with Crippen molar-refractivity contribution in [3.8, 4) is 5.75 Å². The van der Waals surface area contributed by atoms with Gasteiger partial charge in [-0.05, 0) is 57.7 Å². The molecule has 1 amide bonds. The van der Waals surface area contributed by atoms with Crippen LogP contribution >= 0.6 is 0 Å². The second-order valence-electron chi connectivity index (χ2n) is 9.86. The van der Waals surface area contributed by atoms with Gasteiger partial charge in [-0.1, -0.05) is 25.5 Å². The Balaban J connectivity index is 1.87. The summed E-state index contributed by atoms with van der Waals surface area (Å²) >= 11 is 0. The number of likely N-dealkylation sites (tertiary alicyclic amines) is 1. The van der Waals surface area contributed by atoms with Gasteiger partial charge < -0.3 is 25.0 Å². The van der Waals surface area contributed by atoms with Gasteiger partial charge in [-0.15, -0.1) is 0 Å². The van der Waals surface area contributed by atoms with Crippen molar-refractivity contribution in [3.05, 3.63) is 36.0 Å². The monoisotopic (exact) mass is 590 g/mol. The summed E-state index contributed by atoms with van der Waals surface area (Å²) in [7, 11) is -3.68.